The van der Waals surface area contributed by atoms with Crippen LogP contribution in [0.3, 0.4) is 0 Å². The van der Waals surface area contributed by atoms with Gasteiger partial charge in [0, 0.05) is 0 Å². The minimum absolute atomic E-state index is 0.943. The zero-order valence-corrected chi connectivity index (χ0v) is 8.81. The molecule has 0 saturated carbocycles. The van der Waals surface area contributed by atoms with E-state index in [1.54, 1.807) is 0 Å². The van der Waals surface area contributed by atoms with E-state index in [0.717, 1.165) is 0 Å². The molecule has 1 unspecified atom stereocenters. The number of aliphatic hydroxyl groups is 1. The number of hydrogen-bond acceptors (Lipinski definition) is 6. The van der Waals surface area contributed by atoms with Gasteiger partial charge in [0.1, 0.15) is 0 Å². The Morgan fingerprint density at radius 3 is 2.13 bits per heavy atom. The minimum atomic E-state index is -2.65. The Bertz CT molecular complexity index is 281. The van der Waals surface area contributed by atoms with Gasteiger partial charge in [-0.15, -0.1) is 0 Å². The number of nitrogens with two attached hydrogens (primary N) is 1. The fourth-order valence-corrected chi connectivity index (χ4v) is 1.08. The van der Waals surface area contributed by atoms with Crippen LogP contribution in [0.5, 0.6) is 0 Å². The van der Waals surface area contributed by atoms with Gasteiger partial charge in [-0.2, -0.15) is 0 Å². The molecule has 0 bridgehead atoms. The van der Waals surface area contributed by atoms with Crippen LogP contribution in [0, 0.1) is 0 Å². The van der Waals surface area contributed by atoms with Crippen LogP contribution in [0.2, 0.25) is 0 Å². The van der Waals surface area contributed by atoms with Crippen LogP contribution in [0.1, 0.15) is 12.8 Å². The van der Waals surface area contributed by atoms with Crippen molar-refractivity contribution in [2.24, 2.45) is 4.58 Å². The molecule has 0 aliphatic rings. The van der Waals surface area contributed by atoms with Crippen LogP contribution in [-0.2, 0) is 34.9 Å². The molecule has 0 spiro atoms. The third-order valence-electron chi connectivity index (χ3n) is 1.43. The molecule has 5 N–H and O–H groups in total. The van der Waals surface area contributed by atoms with Crippen LogP contribution < -0.4 is 4.58 Å². The molecule has 0 aromatic carbocycles. The first-order chi connectivity index (χ1) is 6.81. The molecule has 0 fully saturated rings. The van der Waals surface area contributed by atoms with Crippen molar-refractivity contribution in [2.45, 2.75) is 18.4 Å². The third kappa shape index (κ3) is 4.79. The quantitative estimate of drug-likeness (QED) is 0.431. The van der Waals surface area contributed by atoms with Crippen molar-refractivity contribution in [3.8, 4) is 0 Å². The number of carbonyl (C=O) groups is 3. The molecule has 0 saturated heterocycles. The Morgan fingerprint density at radius 1 is 1.27 bits per heavy atom. The fraction of sp³-hybridized carbons (Fsp3) is 0.500. The van der Waals surface area contributed by atoms with Crippen LogP contribution >= 0.6 is 0 Å². The summed E-state index contributed by atoms with van der Waals surface area (Å²) in [5, 5.41) is 26.2. The van der Waals surface area contributed by atoms with E-state index in [9.17, 15) is 19.5 Å². The average Bonchev–Trinajstić information content (AvgIpc) is 2.01. The van der Waals surface area contributed by atoms with E-state index in [4.69, 9.17) is 14.8 Å². The fourth-order valence-electron chi connectivity index (χ4n) is 0.794. The van der Waals surface area contributed by atoms with Gasteiger partial charge >= 0.3 is 91.2 Å². The van der Waals surface area contributed by atoms with Gasteiger partial charge in [0.25, 0.3) is 0 Å². The summed E-state index contributed by atoms with van der Waals surface area (Å²) in [6.07, 6.45) is -2.03. The molecule has 0 aromatic heterocycles. The van der Waals surface area contributed by atoms with Gasteiger partial charge in [-0.25, -0.2) is 0 Å². The van der Waals surface area contributed by atoms with E-state index in [2.05, 4.69) is 3.66 Å². The summed E-state index contributed by atoms with van der Waals surface area (Å²) in [7, 11) is 0. The van der Waals surface area contributed by atoms with Crippen LogP contribution in [0.4, 0.5) is 0 Å². The first-order valence-corrected chi connectivity index (χ1v) is 4.97. The van der Waals surface area contributed by atoms with Crippen molar-refractivity contribution < 1.29 is 50.2 Å². The van der Waals surface area contributed by atoms with Crippen molar-refractivity contribution in [3.63, 3.8) is 0 Å². The summed E-state index contributed by atoms with van der Waals surface area (Å²) in [6, 6.07) is 0. The second-order valence-electron chi connectivity index (χ2n) is 2.65. The molecule has 0 amide bonds. The number of carboxylic acid groups (broad SMARTS) is 2. The standard InChI is InChI=1S/C6H8O7.H2N.V/c7-3(8)1-6(13,5(11)12)2-4(9)10;;/h13H,1-2H2,(H,7,8)(H,9,10)(H,11,12);1H2;/q;-1;+2/p-1. The summed E-state index contributed by atoms with van der Waals surface area (Å²) in [5.74, 6) is -4.37. The van der Waals surface area contributed by atoms with E-state index < -0.39 is 53.2 Å². The number of aliphatic carboxylic acids is 2. The Kier molecular flexibility index (Phi) is 5.30. The molecule has 0 rings (SSSR count). The van der Waals surface area contributed by atoms with E-state index in [1.807, 2.05) is 0 Å². The van der Waals surface area contributed by atoms with Crippen LogP contribution in [0.25, 0.3) is 0 Å². The normalized spacial score (nSPS) is 13.7. The van der Waals surface area contributed by atoms with E-state index in [0.29, 0.717) is 0 Å². The molecule has 0 radical (unpaired) electrons. The molecular formula is C6H9NO7V. The molecule has 0 aromatic rings. The maximum absolute atomic E-state index is 10.8. The Balaban J connectivity index is 4.58. The molecule has 15 heavy (non-hydrogen) atoms. The van der Waals surface area contributed by atoms with E-state index in [-0.39, 0.29) is 0 Å². The monoisotopic (exact) mass is 258 g/mol. The Hall–Kier alpha value is -1.09. The summed E-state index contributed by atoms with van der Waals surface area (Å²) in [5.41, 5.74) is -2.65. The summed E-state index contributed by atoms with van der Waals surface area (Å²) < 4.78 is 9.22. The van der Waals surface area contributed by atoms with Crippen molar-refractivity contribution in [3.05, 3.63) is 0 Å². The zero-order chi connectivity index (χ0) is 12.1. The van der Waals surface area contributed by atoms with E-state index in [1.165, 1.54) is 0 Å². The predicted molar refractivity (Wildman–Crippen MR) is 39.7 cm³/mol. The third-order valence-corrected chi connectivity index (χ3v) is 1.92. The molecule has 0 aliphatic heterocycles. The SMILES string of the molecule is [NH2][V][O]C(=O)CC(O)(CC(=O)O)C(=O)O. The van der Waals surface area contributed by atoms with Gasteiger partial charge in [-0.1, -0.05) is 0 Å². The van der Waals surface area contributed by atoms with Crippen molar-refractivity contribution in [1.82, 2.24) is 0 Å². The number of hydrogen-bond donors (Lipinski definition) is 4. The summed E-state index contributed by atoms with van der Waals surface area (Å²) in [6.45, 7) is 0. The summed E-state index contributed by atoms with van der Waals surface area (Å²) >= 11 is -1.20. The molecule has 0 heterocycles. The number of carbonyl (C=O) groups excluding carboxylic acids is 1. The molecular weight excluding hydrogens is 249 g/mol. The van der Waals surface area contributed by atoms with Gasteiger partial charge in [-0.3, -0.25) is 0 Å². The van der Waals surface area contributed by atoms with Crippen molar-refractivity contribution in [2.75, 3.05) is 0 Å². The Morgan fingerprint density at radius 2 is 1.80 bits per heavy atom. The van der Waals surface area contributed by atoms with Gasteiger partial charge in [0.05, 0.1) is 0 Å². The second-order valence-corrected chi connectivity index (χ2v) is 3.27. The summed E-state index contributed by atoms with van der Waals surface area (Å²) in [4.78, 5) is 31.7. The van der Waals surface area contributed by atoms with Crippen molar-refractivity contribution >= 4 is 17.9 Å². The Labute approximate surface area is 91.7 Å². The van der Waals surface area contributed by atoms with Crippen LogP contribution in [0.15, 0.2) is 0 Å². The number of carboxylic acids is 2. The molecule has 0 aliphatic carbocycles. The van der Waals surface area contributed by atoms with Gasteiger partial charge < -0.3 is 0 Å². The second kappa shape index (κ2) is 5.71. The molecule has 85 valence electrons. The first-order valence-electron chi connectivity index (χ1n) is 3.59. The van der Waals surface area contributed by atoms with Crippen LogP contribution in [-0.4, -0.2) is 38.8 Å². The average molecular weight is 258 g/mol. The zero-order valence-electron chi connectivity index (χ0n) is 7.41. The molecule has 9 heteroatoms. The molecule has 8 nitrogen and oxygen atoms in total. The van der Waals surface area contributed by atoms with Gasteiger partial charge in [-0.05, 0) is 0 Å². The molecule has 1 atom stereocenters. The van der Waals surface area contributed by atoms with Crippen molar-refractivity contribution in [1.29, 1.82) is 0 Å². The number of rotatable bonds is 6. The first kappa shape index (κ1) is 13.9. The van der Waals surface area contributed by atoms with Gasteiger partial charge in [0.2, 0.25) is 0 Å². The van der Waals surface area contributed by atoms with E-state index >= 15 is 0 Å². The maximum atomic E-state index is 10.8. The van der Waals surface area contributed by atoms with Gasteiger partial charge in [0.15, 0.2) is 0 Å². The predicted octanol–water partition coefficient (Wildman–Crippen LogP) is -1.92. The topological polar surface area (TPSA) is 147 Å².